The number of benzene rings is 2. The molecule has 1 amide bonds. The van der Waals surface area contributed by atoms with E-state index in [0.29, 0.717) is 5.75 Å². The number of hydrogen-bond donors (Lipinski definition) is 2. The van der Waals surface area contributed by atoms with Gasteiger partial charge in [0.2, 0.25) is 5.91 Å². The number of carbonyl (C=O) groups is 1. The summed E-state index contributed by atoms with van der Waals surface area (Å²) in [6.07, 6.45) is 0.892. The molecule has 130 valence electrons. The molecule has 0 bridgehead atoms. The lowest BCUT2D eigenvalue weighted by molar-refractivity contribution is -0.115. The number of nitriles is 1. The van der Waals surface area contributed by atoms with E-state index in [2.05, 4.69) is 51.7 Å². The lowest BCUT2D eigenvalue weighted by Gasteiger charge is -2.18. The third-order valence-electron chi connectivity index (χ3n) is 3.64. The molecule has 0 heterocycles. The van der Waals surface area contributed by atoms with Crippen molar-refractivity contribution < 1.29 is 4.79 Å². The number of anilines is 1. The monoisotopic (exact) mass is 417 g/mol. The quantitative estimate of drug-likeness (QED) is 0.608. The molecular formula is C19H20BrN3OS. The van der Waals surface area contributed by atoms with Crippen LogP contribution in [0, 0.1) is 11.3 Å². The van der Waals surface area contributed by atoms with Crippen LogP contribution in [0.5, 0.6) is 0 Å². The van der Waals surface area contributed by atoms with Crippen LogP contribution in [0.1, 0.15) is 24.9 Å². The van der Waals surface area contributed by atoms with Gasteiger partial charge in [-0.3, -0.25) is 4.79 Å². The minimum atomic E-state index is -0.0967. The third-order valence-corrected chi connectivity index (χ3v) is 5.11. The summed E-state index contributed by atoms with van der Waals surface area (Å²) in [6.45, 7) is 2.32. The van der Waals surface area contributed by atoms with Crippen LogP contribution in [0.4, 0.5) is 5.69 Å². The standard InChI is InChI=1S/C19H20BrN3OS/c1-2-16(14-7-9-15(20)10-8-14)22-13-19(24)23-17-5-3-4-6-18(17)25-12-11-21/h3-10,16,22H,2,12-13H2,1H3,(H,23,24)/t16-/m1/s1. The average Bonchev–Trinajstić information content (AvgIpc) is 2.63. The van der Waals surface area contributed by atoms with E-state index < -0.39 is 0 Å². The van der Waals surface area contributed by atoms with Gasteiger partial charge < -0.3 is 10.6 Å². The molecule has 4 nitrogen and oxygen atoms in total. The van der Waals surface area contributed by atoms with Gasteiger partial charge >= 0.3 is 0 Å². The molecule has 2 aromatic carbocycles. The van der Waals surface area contributed by atoms with E-state index in [0.717, 1.165) is 27.0 Å². The summed E-state index contributed by atoms with van der Waals surface area (Å²) in [5.74, 6) is 0.257. The number of para-hydroxylation sites is 1. The topological polar surface area (TPSA) is 64.9 Å². The van der Waals surface area contributed by atoms with E-state index in [4.69, 9.17) is 5.26 Å². The van der Waals surface area contributed by atoms with Crippen molar-refractivity contribution >= 4 is 39.3 Å². The van der Waals surface area contributed by atoms with E-state index in [1.165, 1.54) is 11.8 Å². The van der Waals surface area contributed by atoms with Crippen LogP contribution >= 0.6 is 27.7 Å². The highest BCUT2D eigenvalue weighted by molar-refractivity contribution is 9.10. The van der Waals surface area contributed by atoms with Crippen molar-refractivity contribution in [2.24, 2.45) is 0 Å². The summed E-state index contributed by atoms with van der Waals surface area (Å²) >= 11 is 4.85. The third kappa shape index (κ3) is 6.20. The molecule has 0 aliphatic carbocycles. The normalized spacial score (nSPS) is 11.6. The molecule has 25 heavy (non-hydrogen) atoms. The number of halogens is 1. The Labute approximate surface area is 161 Å². The molecule has 0 unspecified atom stereocenters. The van der Waals surface area contributed by atoms with Gasteiger partial charge in [-0.25, -0.2) is 0 Å². The maximum absolute atomic E-state index is 12.3. The number of amides is 1. The molecule has 0 aliphatic rings. The SMILES string of the molecule is CC[C@@H](NCC(=O)Nc1ccccc1SCC#N)c1ccc(Br)cc1. The Balaban J connectivity index is 1.94. The molecule has 1 atom stereocenters. The van der Waals surface area contributed by atoms with Crippen LogP contribution in [-0.2, 0) is 4.79 Å². The molecular weight excluding hydrogens is 398 g/mol. The minimum absolute atomic E-state index is 0.0967. The smallest absolute Gasteiger partial charge is 0.238 e. The van der Waals surface area contributed by atoms with E-state index in [1.54, 1.807) is 0 Å². The number of hydrogen-bond acceptors (Lipinski definition) is 4. The molecule has 2 aromatic rings. The first-order valence-electron chi connectivity index (χ1n) is 8.01. The first-order valence-corrected chi connectivity index (χ1v) is 9.79. The maximum atomic E-state index is 12.3. The second-order valence-corrected chi connectivity index (χ2v) is 7.32. The van der Waals surface area contributed by atoms with E-state index in [1.807, 2.05) is 36.4 Å². The molecule has 0 aliphatic heterocycles. The number of rotatable bonds is 8. The van der Waals surface area contributed by atoms with Gasteiger partial charge in [-0.1, -0.05) is 47.1 Å². The molecule has 0 saturated heterocycles. The second-order valence-electron chi connectivity index (χ2n) is 5.38. The summed E-state index contributed by atoms with van der Waals surface area (Å²) in [7, 11) is 0. The van der Waals surface area contributed by atoms with E-state index in [-0.39, 0.29) is 18.5 Å². The van der Waals surface area contributed by atoms with Crippen LogP contribution < -0.4 is 10.6 Å². The van der Waals surface area contributed by atoms with Crippen LogP contribution in [-0.4, -0.2) is 18.2 Å². The number of thioether (sulfide) groups is 1. The highest BCUT2D eigenvalue weighted by Gasteiger charge is 2.12. The Bertz CT molecular complexity index is 743. The van der Waals surface area contributed by atoms with Gasteiger partial charge in [0.1, 0.15) is 0 Å². The largest absolute Gasteiger partial charge is 0.324 e. The van der Waals surface area contributed by atoms with Crippen molar-refractivity contribution in [2.45, 2.75) is 24.3 Å². The Morgan fingerprint density at radius 1 is 1.24 bits per heavy atom. The van der Waals surface area contributed by atoms with Crippen LogP contribution in [0.2, 0.25) is 0 Å². The molecule has 2 N–H and O–H groups in total. The summed E-state index contributed by atoms with van der Waals surface area (Å²) in [4.78, 5) is 13.2. The zero-order valence-corrected chi connectivity index (χ0v) is 16.4. The van der Waals surface area contributed by atoms with Gasteiger partial charge in [-0.2, -0.15) is 5.26 Å². The molecule has 2 rings (SSSR count). The average molecular weight is 418 g/mol. The zero-order valence-electron chi connectivity index (χ0n) is 14.0. The van der Waals surface area contributed by atoms with Gasteiger partial charge in [0.25, 0.3) is 0 Å². The van der Waals surface area contributed by atoms with Crippen molar-refractivity contribution in [3.8, 4) is 6.07 Å². The van der Waals surface area contributed by atoms with E-state index in [9.17, 15) is 4.79 Å². The number of carbonyl (C=O) groups excluding carboxylic acids is 1. The first-order chi connectivity index (χ1) is 12.1. The van der Waals surface area contributed by atoms with Crippen LogP contribution in [0.25, 0.3) is 0 Å². The fraction of sp³-hybridized carbons (Fsp3) is 0.263. The Morgan fingerprint density at radius 2 is 1.96 bits per heavy atom. The highest BCUT2D eigenvalue weighted by Crippen LogP contribution is 2.26. The van der Waals surface area contributed by atoms with Crippen molar-refractivity contribution in [3.63, 3.8) is 0 Å². The number of nitrogens with zero attached hydrogens (tertiary/aromatic N) is 1. The van der Waals surface area contributed by atoms with Gasteiger partial charge in [0.05, 0.1) is 24.1 Å². The summed E-state index contributed by atoms with van der Waals surface area (Å²) in [5, 5.41) is 14.9. The lowest BCUT2D eigenvalue weighted by atomic mass is 10.0. The van der Waals surface area contributed by atoms with E-state index >= 15 is 0 Å². The fourth-order valence-corrected chi connectivity index (χ4v) is 3.34. The zero-order chi connectivity index (χ0) is 18.1. The first kappa shape index (κ1) is 19.5. The van der Waals surface area contributed by atoms with Crippen molar-refractivity contribution in [2.75, 3.05) is 17.6 Å². The molecule has 0 saturated carbocycles. The van der Waals surface area contributed by atoms with Crippen molar-refractivity contribution in [3.05, 3.63) is 58.6 Å². The van der Waals surface area contributed by atoms with Crippen molar-refractivity contribution in [1.82, 2.24) is 5.32 Å². The highest BCUT2D eigenvalue weighted by atomic mass is 79.9. The van der Waals surface area contributed by atoms with Gasteiger partial charge in [0.15, 0.2) is 0 Å². The predicted molar refractivity (Wildman–Crippen MR) is 107 cm³/mol. The number of nitrogens with one attached hydrogen (secondary N) is 2. The lowest BCUT2D eigenvalue weighted by Crippen LogP contribution is -2.31. The molecule has 0 fully saturated rings. The van der Waals surface area contributed by atoms with Gasteiger partial charge in [0, 0.05) is 15.4 Å². The molecule has 0 radical (unpaired) electrons. The minimum Gasteiger partial charge on any atom is -0.324 e. The summed E-state index contributed by atoms with van der Waals surface area (Å²) < 4.78 is 1.04. The summed E-state index contributed by atoms with van der Waals surface area (Å²) in [5.41, 5.74) is 1.90. The van der Waals surface area contributed by atoms with Crippen molar-refractivity contribution in [1.29, 1.82) is 5.26 Å². The Hall–Kier alpha value is -1.81. The summed E-state index contributed by atoms with van der Waals surface area (Å²) in [6, 6.07) is 17.9. The van der Waals surface area contributed by atoms with Gasteiger partial charge in [-0.05, 0) is 36.2 Å². The van der Waals surface area contributed by atoms with Crippen LogP contribution in [0.15, 0.2) is 57.9 Å². The Kier molecular flexibility index (Phi) is 7.99. The maximum Gasteiger partial charge on any atom is 0.238 e. The molecule has 0 spiro atoms. The Morgan fingerprint density at radius 3 is 2.64 bits per heavy atom. The molecule has 0 aromatic heterocycles. The fourth-order valence-electron chi connectivity index (χ4n) is 2.41. The predicted octanol–water partition coefficient (Wildman–Crippen LogP) is 4.74. The second kappa shape index (κ2) is 10.2. The van der Waals surface area contributed by atoms with Gasteiger partial charge in [-0.15, -0.1) is 11.8 Å². The molecule has 6 heteroatoms. The van der Waals surface area contributed by atoms with Crippen LogP contribution in [0.3, 0.4) is 0 Å².